The molecule has 1 amide bonds. The first kappa shape index (κ1) is 32.6. The summed E-state index contributed by atoms with van der Waals surface area (Å²) in [4.78, 5) is 38.8. The molecule has 1 saturated heterocycles. The largest absolute Gasteiger partial charge is 0.573 e. The number of nitrogens with one attached hydrogen (secondary N) is 1. The van der Waals surface area contributed by atoms with Gasteiger partial charge >= 0.3 is 18.3 Å². The number of ether oxygens (including phenoxy) is 2. The van der Waals surface area contributed by atoms with Crippen molar-refractivity contribution in [2.45, 2.75) is 39.3 Å². The molecule has 2 aromatic carbocycles. The fraction of sp³-hybridized carbons (Fsp3) is 0.267. The average molecular weight is 602 g/mol. The number of nitrogens with zero attached hydrogens (tertiary/aromatic N) is 2. The van der Waals surface area contributed by atoms with Crippen LogP contribution in [-0.4, -0.2) is 64.7 Å². The number of carbonyl (C=O) groups excluding carboxylic acids is 1. The number of benzene rings is 2. The van der Waals surface area contributed by atoms with E-state index < -0.39 is 18.3 Å². The van der Waals surface area contributed by atoms with Crippen molar-refractivity contribution < 1.29 is 47.2 Å². The van der Waals surface area contributed by atoms with Gasteiger partial charge in [-0.15, -0.1) is 13.2 Å². The molecule has 0 aliphatic carbocycles. The highest BCUT2D eigenvalue weighted by molar-refractivity contribution is 6.06. The lowest BCUT2D eigenvalue weighted by molar-refractivity contribution is -0.274. The second-order valence-corrected chi connectivity index (χ2v) is 9.58. The van der Waals surface area contributed by atoms with Gasteiger partial charge in [0.25, 0.3) is 5.91 Å². The number of carboxylic acid groups (broad SMARTS) is 2. The van der Waals surface area contributed by atoms with Crippen molar-refractivity contribution in [2.75, 3.05) is 23.3 Å². The molecule has 1 aliphatic heterocycles. The second-order valence-electron chi connectivity index (χ2n) is 9.58. The smallest absolute Gasteiger partial charge is 0.478 e. The lowest BCUT2D eigenvalue weighted by Gasteiger charge is -2.36. The number of aromatic nitrogens is 1. The van der Waals surface area contributed by atoms with E-state index in [2.05, 4.69) is 19.9 Å². The van der Waals surface area contributed by atoms with Gasteiger partial charge in [0.2, 0.25) is 0 Å². The first-order valence-corrected chi connectivity index (χ1v) is 13.0. The minimum absolute atomic E-state index is 0.114. The van der Waals surface area contributed by atoms with Crippen molar-refractivity contribution in [2.24, 2.45) is 0 Å². The zero-order valence-corrected chi connectivity index (χ0v) is 23.5. The monoisotopic (exact) mass is 601 g/mol. The maximum atomic E-state index is 13.0. The van der Waals surface area contributed by atoms with E-state index in [1.54, 1.807) is 25.3 Å². The quantitative estimate of drug-likeness (QED) is 0.298. The van der Waals surface area contributed by atoms with Gasteiger partial charge in [-0.25, -0.2) is 14.6 Å². The Morgan fingerprint density at radius 2 is 1.58 bits per heavy atom. The minimum atomic E-state index is -4.75. The predicted octanol–water partition coefficient (Wildman–Crippen LogP) is 5.53. The summed E-state index contributed by atoms with van der Waals surface area (Å²) in [5.41, 5.74) is 3.13. The van der Waals surface area contributed by atoms with Gasteiger partial charge in [-0.2, -0.15) is 0 Å². The van der Waals surface area contributed by atoms with Gasteiger partial charge in [0.05, 0.1) is 24.1 Å². The van der Waals surface area contributed by atoms with Gasteiger partial charge < -0.3 is 29.9 Å². The van der Waals surface area contributed by atoms with Gasteiger partial charge in [0.15, 0.2) is 0 Å². The number of pyridine rings is 1. The van der Waals surface area contributed by atoms with Crippen LogP contribution in [0, 0.1) is 6.92 Å². The second kappa shape index (κ2) is 14.3. The van der Waals surface area contributed by atoms with Crippen LogP contribution in [0.2, 0.25) is 0 Å². The van der Waals surface area contributed by atoms with Gasteiger partial charge in [0, 0.05) is 30.8 Å². The van der Waals surface area contributed by atoms with Crippen LogP contribution in [-0.2, 0) is 14.3 Å². The lowest BCUT2D eigenvalue weighted by Crippen LogP contribution is -2.45. The number of alkyl halides is 3. The highest BCUT2D eigenvalue weighted by Gasteiger charge is 2.31. The van der Waals surface area contributed by atoms with Crippen LogP contribution >= 0.6 is 0 Å². The SMILES string of the molecule is Cc1c(C(=O)Nc2ccc(N3CC(C)OC(C)C3)nc2)cccc1-c1ccc(OC(F)(F)F)cc1.O=C(O)/C=C\C(=O)O. The van der Waals surface area contributed by atoms with E-state index in [9.17, 15) is 27.6 Å². The van der Waals surface area contributed by atoms with E-state index in [0.29, 0.717) is 34.5 Å². The summed E-state index contributed by atoms with van der Waals surface area (Å²) >= 11 is 0. The van der Waals surface area contributed by atoms with Crippen molar-refractivity contribution >= 4 is 29.4 Å². The number of amides is 1. The molecule has 1 aliphatic rings. The Kier molecular flexibility index (Phi) is 10.9. The van der Waals surface area contributed by atoms with Crippen molar-refractivity contribution in [3.63, 3.8) is 0 Å². The first-order chi connectivity index (χ1) is 20.2. The highest BCUT2D eigenvalue weighted by atomic mass is 19.4. The molecule has 0 saturated carbocycles. The molecule has 10 nitrogen and oxygen atoms in total. The number of aliphatic carboxylic acids is 2. The number of hydrogen-bond acceptors (Lipinski definition) is 7. The van der Waals surface area contributed by atoms with Gasteiger partial charge in [-0.3, -0.25) is 4.79 Å². The maximum absolute atomic E-state index is 13.0. The van der Waals surface area contributed by atoms with Crippen molar-refractivity contribution in [1.82, 2.24) is 4.98 Å². The third kappa shape index (κ3) is 10.1. The summed E-state index contributed by atoms with van der Waals surface area (Å²) in [5.74, 6) is -2.30. The Hall–Kier alpha value is -4.91. The summed E-state index contributed by atoms with van der Waals surface area (Å²) < 4.78 is 46.9. The molecule has 0 spiro atoms. The third-order valence-electron chi connectivity index (χ3n) is 6.10. The lowest BCUT2D eigenvalue weighted by atomic mass is 9.96. The Bertz CT molecular complexity index is 1430. The maximum Gasteiger partial charge on any atom is 0.573 e. The van der Waals surface area contributed by atoms with E-state index in [1.807, 2.05) is 32.0 Å². The number of hydrogen-bond donors (Lipinski definition) is 3. The fourth-order valence-corrected chi connectivity index (χ4v) is 4.38. The van der Waals surface area contributed by atoms with Crippen LogP contribution in [0.25, 0.3) is 11.1 Å². The van der Waals surface area contributed by atoms with Gasteiger partial charge in [0.1, 0.15) is 11.6 Å². The molecule has 0 bridgehead atoms. The topological polar surface area (TPSA) is 138 Å². The van der Waals surface area contributed by atoms with Crippen LogP contribution in [0.15, 0.2) is 72.9 Å². The Morgan fingerprint density at radius 3 is 2.09 bits per heavy atom. The molecule has 3 N–H and O–H groups in total. The van der Waals surface area contributed by atoms with Crippen molar-refractivity contribution in [1.29, 1.82) is 0 Å². The number of rotatable bonds is 7. The zero-order chi connectivity index (χ0) is 31.7. The number of halogens is 3. The van der Waals surface area contributed by atoms with Crippen LogP contribution in [0.1, 0.15) is 29.8 Å². The molecular weight excluding hydrogens is 571 g/mol. The number of morpholine rings is 1. The van der Waals surface area contributed by atoms with Crippen LogP contribution in [0.3, 0.4) is 0 Å². The highest BCUT2D eigenvalue weighted by Crippen LogP contribution is 2.30. The van der Waals surface area contributed by atoms with E-state index >= 15 is 0 Å². The van der Waals surface area contributed by atoms with Crippen molar-refractivity contribution in [3.8, 4) is 16.9 Å². The Morgan fingerprint density at radius 1 is 0.977 bits per heavy atom. The van der Waals surface area contributed by atoms with E-state index in [1.165, 1.54) is 24.3 Å². The number of carbonyl (C=O) groups is 3. The fourth-order valence-electron chi connectivity index (χ4n) is 4.38. The number of carboxylic acids is 2. The molecule has 228 valence electrons. The molecule has 43 heavy (non-hydrogen) atoms. The van der Waals surface area contributed by atoms with Crippen LogP contribution in [0.5, 0.6) is 5.75 Å². The van der Waals surface area contributed by atoms with Gasteiger partial charge in [-0.1, -0.05) is 24.3 Å². The molecule has 1 aromatic heterocycles. The Labute approximate surface area is 245 Å². The summed E-state index contributed by atoms with van der Waals surface area (Å²) in [6, 6.07) is 14.5. The molecule has 2 unspecified atom stereocenters. The van der Waals surface area contributed by atoms with E-state index in [4.69, 9.17) is 14.9 Å². The molecule has 13 heteroatoms. The van der Waals surface area contributed by atoms with Crippen molar-refractivity contribution in [3.05, 3.63) is 84.1 Å². The summed E-state index contributed by atoms with van der Waals surface area (Å²) in [6.45, 7) is 7.35. The molecular formula is C30H30F3N3O7. The molecule has 2 heterocycles. The van der Waals surface area contributed by atoms with Gasteiger partial charge in [-0.05, 0) is 67.8 Å². The zero-order valence-electron chi connectivity index (χ0n) is 23.5. The van der Waals surface area contributed by atoms with Crippen LogP contribution in [0.4, 0.5) is 24.7 Å². The normalized spacial score (nSPS) is 16.7. The molecule has 4 rings (SSSR count). The standard InChI is InChI=1S/C26H26F3N3O3.C4H4O4/c1-16-14-32(15-17(2)34-16)24-12-9-20(13-30-24)31-25(33)23-6-4-5-22(18(23)3)19-7-10-21(11-8-19)35-26(27,28)29;5-3(6)1-2-4(7)8/h4-13,16-17H,14-15H2,1-3H3,(H,31,33);1-2H,(H,5,6)(H,7,8)/b;2-1-. The minimum Gasteiger partial charge on any atom is -0.478 e. The third-order valence-corrected chi connectivity index (χ3v) is 6.10. The summed E-state index contributed by atoms with van der Waals surface area (Å²) in [5, 5.41) is 18.5. The average Bonchev–Trinajstić information content (AvgIpc) is 2.92. The van der Waals surface area contributed by atoms with E-state index in [0.717, 1.165) is 24.5 Å². The Balaban J connectivity index is 0.000000557. The predicted molar refractivity (Wildman–Crippen MR) is 152 cm³/mol. The molecule has 1 fully saturated rings. The van der Waals surface area contributed by atoms with E-state index in [-0.39, 0.29) is 23.9 Å². The van der Waals surface area contributed by atoms with Crippen LogP contribution < -0.4 is 15.0 Å². The molecule has 0 radical (unpaired) electrons. The molecule has 3 aromatic rings. The molecule has 2 atom stereocenters. The summed E-state index contributed by atoms with van der Waals surface area (Å²) in [6.07, 6.45) is -1.78. The first-order valence-electron chi connectivity index (χ1n) is 13.0. The number of anilines is 2. The summed E-state index contributed by atoms with van der Waals surface area (Å²) in [7, 11) is 0.